The maximum atomic E-state index is 6.25. The van der Waals surface area contributed by atoms with E-state index in [-0.39, 0.29) is 6.04 Å². The molecule has 0 saturated carbocycles. The minimum atomic E-state index is 0.0812. The Morgan fingerprint density at radius 3 is 2.63 bits per heavy atom. The van der Waals surface area contributed by atoms with Crippen molar-refractivity contribution >= 4 is 15.9 Å². The molecule has 0 amide bonds. The van der Waals surface area contributed by atoms with E-state index in [9.17, 15) is 0 Å². The molecule has 0 bridgehead atoms. The van der Waals surface area contributed by atoms with E-state index < -0.39 is 0 Å². The van der Waals surface area contributed by atoms with Gasteiger partial charge in [-0.2, -0.15) is 5.10 Å². The van der Waals surface area contributed by atoms with Crippen LogP contribution in [0.4, 0.5) is 0 Å². The Hall–Kier alpha value is -1.20. The molecular weight excluding hydrogens is 304 g/mol. The summed E-state index contributed by atoms with van der Waals surface area (Å²) >= 11 is 3.43. The minimum Gasteiger partial charge on any atom is -0.327 e. The molecule has 0 radical (unpaired) electrons. The second-order valence-electron chi connectivity index (χ2n) is 4.95. The average Bonchev–Trinajstić information content (AvgIpc) is 2.56. The molecule has 0 aliphatic carbocycles. The lowest BCUT2D eigenvalue weighted by molar-refractivity contribution is 0.657. The Labute approximate surface area is 122 Å². The van der Waals surface area contributed by atoms with Crippen molar-refractivity contribution in [3.05, 3.63) is 45.4 Å². The van der Waals surface area contributed by atoms with Gasteiger partial charge in [0.05, 0.1) is 5.69 Å². The molecule has 19 heavy (non-hydrogen) atoms. The van der Waals surface area contributed by atoms with Gasteiger partial charge in [-0.25, -0.2) is 0 Å². The Bertz CT molecular complexity index is 577. The van der Waals surface area contributed by atoms with Gasteiger partial charge >= 0.3 is 0 Å². The summed E-state index contributed by atoms with van der Waals surface area (Å²) in [6.45, 7) is 4.12. The van der Waals surface area contributed by atoms with Crippen LogP contribution >= 0.6 is 15.9 Å². The van der Waals surface area contributed by atoms with E-state index >= 15 is 0 Å². The Balaban J connectivity index is 2.07. The molecule has 0 saturated heterocycles. The highest BCUT2D eigenvalue weighted by atomic mass is 79.9. The second kappa shape index (κ2) is 5.84. The third kappa shape index (κ3) is 3.42. The Morgan fingerprint density at radius 1 is 1.32 bits per heavy atom. The molecule has 1 atom stereocenters. The lowest BCUT2D eigenvalue weighted by Gasteiger charge is -2.12. The topological polar surface area (TPSA) is 56.7 Å². The molecule has 0 aromatic carbocycles. The SMILES string of the molecule is Cc1nn(C)c(C)c1CC(N)Cc1cncc(Br)c1. The third-order valence-corrected chi connectivity index (χ3v) is 3.82. The van der Waals surface area contributed by atoms with E-state index in [4.69, 9.17) is 5.73 Å². The van der Waals surface area contributed by atoms with Gasteiger partial charge < -0.3 is 5.73 Å². The summed E-state index contributed by atoms with van der Waals surface area (Å²) in [6, 6.07) is 2.15. The first kappa shape index (κ1) is 14.2. The van der Waals surface area contributed by atoms with Crippen molar-refractivity contribution in [1.29, 1.82) is 0 Å². The first-order valence-electron chi connectivity index (χ1n) is 6.31. The summed E-state index contributed by atoms with van der Waals surface area (Å²) < 4.78 is 2.91. The molecule has 2 heterocycles. The zero-order valence-corrected chi connectivity index (χ0v) is 13.1. The number of aryl methyl sites for hydroxylation is 2. The van der Waals surface area contributed by atoms with Gasteiger partial charge in [-0.3, -0.25) is 9.67 Å². The van der Waals surface area contributed by atoms with Gasteiger partial charge in [-0.1, -0.05) is 0 Å². The van der Waals surface area contributed by atoms with E-state index in [1.54, 1.807) is 6.20 Å². The van der Waals surface area contributed by atoms with E-state index in [0.29, 0.717) is 0 Å². The first-order chi connectivity index (χ1) is 8.97. The lowest BCUT2D eigenvalue weighted by atomic mass is 9.99. The van der Waals surface area contributed by atoms with Gasteiger partial charge in [0.2, 0.25) is 0 Å². The summed E-state index contributed by atoms with van der Waals surface area (Å²) in [5.41, 5.74) is 10.9. The summed E-state index contributed by atoms with van der Waals surface area (Å²) in [6.07, 6.45) is 5.32. The normalized spacial score (nSPS) is 12.7. The number of nitrogens with two attached hydrogens (primary N) is 1. The number of hydrogen-bond donors (Lipinski definition) is 1. The Kier molecular flexibility index (Phi) is 4.37. The monoisotopic (exact) mass is 322 g/mol. The van der Waals surface area contributed by atoms with Crippen LogP contribution in [-0.2, 0) is 19.9 Å². The summed E-state index contributed by atoms with van der Waals surface area (Å²) in [5, 5.41) is 4.43. The van der Waals surface area contributed by atoms with Crippen molar-refractivity contribution in [2.45, 2.75) is 32.7 Å². The molecule has 0 spiro atoms. The highest BCUT2D eigenvalue weighted by Crippen LogP contribution is 2.16. The van der Waals surface area contributed by atoms with Crippen molar-refractivity contribution in [3.8, 4) is 0 Å². The van der Waals surface area contributed by atoms with Crippen LogP contribution in [0.1, 0.15) is 22.5 Å². The zero-order chi connectivity index (χ0) is 14.0. The van der Waals surface area contributed by atoms with E-state index in [1.165, 1.54) is 11.3 Å². The highest BCUT2D eigenvalue weighted by Gasteiger charge is 2.13. The van der Waals surface area contributed by atoms with Crippen molar-refractivity contribution in [2.75, 3.05) is 0 Å². The average molecular weight is 323 g/mol. The number of hydrogen-bond acceptors (Lipinski definition) is 3. The second-order valence-corrected chi connectivity index (χ2v) is 5.87. The standard InChI is InChI=1S/C14H19BrN4/c1-9-14(10(2)19(3)18-9)6-13(16)5-11-4-12(15)8-17-7-11/h4,7-8,13H,5-6,16H2,1-3H3. The Morgan fingerprint density at radius 2 is 2.05 bits per heavy atom. The van der Waals surface area contributed by atoms with E-state index in [0.717, 1.165) is 28.6 Å². The van der Waals surface area contributed by atoms with Crippen molar-refractivity contribution in [3.63, 3.8) is 0 Å². The number of nitrogens with zero attached hydrogens (tertiary/aromatic N) is 3. The summed E-state index contributed by atoms with van der Waals surface area (Å²) in [4.78, 5) is 4.16. The molecular formula is C14H19BrN4. The highest BCUT2D eigenvalue weighted by molar-refractivity contribution is 9.10. The van der Waals surface area contributed by atoms with Gasteiger partial charge in [0, 0.05) is 35.6 Å². The number of halogens is 1. The molecule has 102 valence electrons. The van der Waals surface area contributed by atoms with Gasteiger partial charge in [-0.15, -0.1) is 0 Å². The predicted molar refractivity (Wildman–Crippen MR) is 80.0 cm³/mol. The predicted octanol–water partition coefficient (Wildman–Crippen LogP) is 2.31. The maximum Gasteiger partial charge on any atom is 0.0628 e. The largest absolute Gasteiger partial charge is 0.327 e. The van der Waals surface area contributed by atoms with E-state index in [1.807, 2.05) is 24.9 Å². The molecule has 4 nitrogen and oxygen atoms in total. The van der Waals surface area contributed by atoms with E-state index in [2.05, 4.69) is 39.0 Å². The van der Waals surface area contributed by atoms with Crippen LogP contribution in [0, 0.1) is 13.8 Å². The van der Waals surface area contributed by atoms with Crippen LogP contribution in [0.5, 0.6) is 0 Å². The van der Waals surface area contributed by atoms with Crippen LogP contribution < -0.4 is 5.73 Å². The number of rotatable bonds is 4. The van der Waals surface area contributed by atoms with Crippen LogP contribution in [0.25, 0.3) is 0 Å². The molecule has 0 aliphatic heterocycles. The van der Waals surface area contributed by atoms with Crippen molar-refractivity contribution in [1.82, 2.24) is 14.8 Å². The molecule has 2 N–H and O–H groups in total. The van der Waals surface area contributed by atoms with Crippen LogP contribution in [0.3, 0.4) is 0 Å². The molecule has 2 rings (SSSR count). The molecule has 0 aliphatic rings. The zero-order valence-electron chi connectivity index (χ0n) is 11.5. The van der Waals surface area contributed by atoms with Crippen LogP contribution in [0.2, 0.25) is 0 Å². The van der Waals surface area contributed by atoms with Gasteiger partial charge in [0.25, 0.3) is 0 Å². The summed E-state index contributed by atoms with van der Waals surface area (Å²) in [5.74, 6) is 0. The van der Waals surface area contributed by atoms with Crippen LogP contribution in [-0.4, -0.2) is 20.8 Å². The maximum absolute atomic E-state index is 6.25. The molecule has 5 heteroatoms. The van der Waals surface area contributed by atoms with Crippen molar-refractivity contribution < 1.29 is 0 Å². The lowest BCUT2D eigenvalue weighted by Crippen LogP contribution is -2.26. The molecule has 2 aromatic rings. The first-order valence-corrected chi connectivity index (χ1v) is 7.10. The molecule has 0 fully saturated rings. The fourth-order valence-electron chi connectivity index (χ4n) is 2.32. The summed E-state index contributed by atoms with van der Waals surface area (Å²) in [7, 11) is 1.97. The van der Waals surface area contributed by atoms with Crippen molar-refractivity contribution in [2.24, 2.45) is 12.8 Å². The number of aromatic nitrogens is 3. The fourth-order valence-corrected chi connectivity index (χ4v) is 2.73. The quantitative estimate of drug-likeness (QED) is 0.939. The molecule has 2 aromatic heterocycles. The number of pyridine rings is 1. The minimum absolute atomic E-state index is 0.0812. The smallest absolute Gasteiger partial charge is 0.0628 e. The third-order valence-electron chi connectivity index (χ3n) is 3.38. The van der Waals surface area contributed by atoms with Gasteiger partial charge in [0.1, 0.15) is 0 Å². The molecule has 1 unspecified atom stereocenters. The fraction of sp³-hybridized carbons (Fsp3) is 0.429. The van der Waals surface area contributed by atoms with Gasteiger partial charge in [0.15, 0.2) is 0 Å². The van der Waals surface area contributed by atoms with Gasteiger partial charge in [-0.05, 0) is 59.8 Å². The van der Waals surface area contributed by atoms with Crippen LogP contribution in [0.15, 0.2) is 22.9 Å².